The zero-order chi connectivity index (χ0) is 15.0. The molecule has 0 aromatic heterocycles. The van der Waals surface area contributed by atoms with E-state index >= 15 is 0 Å². The first kappa shape index (κ1) is 13.6. The molecule has 0 fully saturated rings. The molecule has 0 spiro atoms. The van der Waals surface area contributed by atoms with E-state index in [4.69, 9.17) is 0 Å². The second kappa shape index (κ2) is 5.17. The van der Waals surface area contributed by atoms with Gasteiger partial charge < -0.3 is 5.32 Å². The van der Waals surface area contributed by atoms with Crippen molar-refractivity contribution < 1.29 is 9.59 Å². The van der Waals surface area contributed by atoms with Gasteiger partial charge in [0.05, 0.1) is 0 Å². The fourth-order valence-corrected chi connectivity index (χ4v) is 2.96. The summed E-state index contributed by atoms with van der Waals surface area (Å²) in [5.41, 5.74) is 5.88. The van der Waals surface area contributed by atoms with Gasteiger partial charge in [-0.05, 0) is 47.7 Å². The largest absolute Gasteiger partial charge is 0.326 e. The number of rotatable bonds is 2. The van der Waals surface area contributed by atoms with Crippen LogP contribution < -0.4 is 5.32 Å². The molecule has 3 rings (SSSR count). The molecule has 3 nitrogen and oxygen atoms in total. The minimum atomic E-state index is -0.0997. The third kappa shape index (κ3) is 2.47. The lowest BCUT2D eigenvalue weighted by atomic mass is 9.93. The molecule has 1 aliphatic carbocycles. The minimum Gasteiger partial charge on any atom is -0.326 e. The van der Waals surface area contributed by atoms with Gasteiger partial charge in [0.25, 0.3) is 0 Å². The smallest absolute Gasteiger partial charge is 0.221 e. The van der Waals surface area contributed by atoms with Gasteiger partial charge in [0.2, 0.25) is 5.91 Å². The number of ketones is 1. The number of carbonyl (C=O) groups excluding carboxylic acids is 2. The van der Waals surface area contributed by atoms with Crippen molar-refractivity contribution in [2.45, 2.75) is 26.7 Å². The molecule has 2 aromatic carbocycles. The topological polar surface area (TPSA) is 46.2 Å². The highest BCUT2D eigenvalue weighted by Gasteiger charge is 2.24. The van der Waals surface area contributed by atoms with Gasteiger partial charge >= 0.3 is 0 Å². The van der Waals surface area contributed by atoms with Gasteiger partial charge in [-0.1, -0.05) is 24.3 Å². The normalized spacial score (nSPS) is 13.1. The number of carbonyl (C=O) groups is 2. The van der Waals surface area contributed by atoms with E-state index in [1.807, 2.05) is 30.3 Å². The monoisotopic (exact) mass is 279 g/mol. The Morgan fingerprint density at radius 2 is 1.95 bits per heavy atom. The molecule has 21 heavy (non-hydrogen) atoms. The predicted molar refractivity (Wildman–Crippen MR) is 83.6 cm³/mol. The first-order valence-corrected chi connectivity index (χ1v) is 7.10. The molecule has 106 valence electrons. The maximum Gasteiger partial charge on any atom is 0.221 e. The van der Waals surface area contributed by atoms with Gasteiger partial charge in [0.15, 0.2) is 5.78 Å². The molecular formula is C18H17NO2. The van der Waals surface area contributed by atoms with E-state index in [0.717, 1.165) is 28.8 Å². The van der Waals surface area contributed by atoms with E-state index in [-0.39, 0.29) is 11.7 Å². The minimum absolute atomic E-state index is 0.0997. The molecule has 0 atom stereocenters. The van der Waals surface area contributed by atoms with Gasteiger partial charge in [-0.2, -0.15) is 0 Å². The first-order chi connectivity index (χ1) is 10.1. The van der Waals surface area contributed by atoms with Crippen molar-refractivity contribution in [3.63, 3.8) is 0 Å². The second-order valence-corrected chi connectivity index (χ2v) is 5.47. The van der Waals surface area contributed by atoms with E-state index < -0.39 is 0 Å². The van der Waals surface area contributed by atoms with Crippen LogP contribution in [0.3, 0.4) is 0 Å². The average Bonchev–Trinajstić information content (AvgIpc) is 2.82. The Morgan fingerprint density at radius 3 is 2.71 bits per heavy atom. The van der Waals surface area contributed by atoms with Gasteiger partial charge in [0.1, 0.15) is 0 Å². The van der Waals surface area contributed by atoms with Crippen LogP contribution in [0.5, 0.6) is 0 Å². The van der Waals surface area contributed by atoms with Crippen LogP contribution in [0.4, 0.5) is 5.69 Å². The van der Waals surface area contributed by atoms with Crippen molar-refractivity contribution >= 4 is 17.4 Å². The molecule has 0 radical (unpaired) electrons. The maximum absolute atomic E-state index is 12.2. The van der Waals surface area contributed by atoms with Crippen LogP contribution in [-0.4, -0.2) is 11.7 Å². The van der Waals surface area contributed by atoms with Gasteiger partial charge in [-0.25, -0.2) is 0 Å². The highest BCUT2D eigenvalue weighted by atomic mass is 16.1. The summed E-state index contributed by atoms with van der Waals surface area (Å²) in [4.78, 5) is 23.4. The van der Waals surface area contributed by atoms with Crippen molar-refractivity contribution in [2.75, 3.05) is 5.32 Å². The Balaban J connectivity index is 2.12. The molecule has 0 heterocycles. The van der Waals surface area contributed by atoms with E-state index in [9.17, 15) is 9.59 Å². The number of benzene rings is 2. The van der Waals surface area contributed by atoms with Gasteiger partial charge in [0, 0.05) is 24.6 Å². The molecule has 3 heteroatoms. The Labute approximate surface area is 124 Å². The zero-order valence-electron chi connectivity index (χ0n) is 12.2. The van der Waals surface area contributed by atoms with Crippen LogP contribution in [0, 0.1) is 6.92 Å². The molecule has 0 unspecified atom stereocenters. The maximum atomic E-state index is 12.2. The van der Waals surface area contributed by atoms with E-state index in [1.54, 1.807) is 0 Å². The summed E-state index contributed by atoms with van der Waals surface area (Å²) in [5, 5.41) is 2.78. The molecular weight excluding hydrogens is 262 g/mol. The van der Waals surface area contributed by atoms with Crippen LogP contribution in [0.1, 0.15) is 34.8 Å². The van der Waals surface area contributed by atoms with E-state index in [0.29, 0.717) is 6.42 Å². The third-order valence-corrected chi connectivity index (χ3v) is 3.92. The van der Waals surface area contributed by atoms with Gasteiger partial charge in [-0.15, -0.1) is 0 Å². The quantitative estimate of drug-likeness (QED) is 0.910. The van der Waals surface area contributed by atoms with Crippen LogP contribution in [0.2, 0.25) is 0 Å². The predicted octanol–water partition coefficient (Wildman–Crippen LogP) is 3.75. The lowest BCUT2D eigenvalue weighted by Gasteiger charge is -2.11. The number of hydrogen-bond acceptors (Lipinski definition) is 2. The molecule has 0 saturated carbocycles. The van der Waals surface area contributed by atoms with Crippen molar-refractivity contribution in [1.82, 2.24) is 0 Å². The Hall–Kier alpha value is -2.42. The average molecular weight is 279 g/mol. The van der Waals surface area contributed by atoms with Crippen molar-refractivity contribution in [3.8, 4) is 11.1 Å². The fourth-order valence-electron chi connectivity index (χ4n) is 2.96. The molecule has 1 aliphatic rings. The summed E-state index contributed by atoms with van der Waals surface area (Å²) >= 11 is 0. The van der Waals surface area contributed by atoms with Crippen LogP contribution in [0.15, 0.2) is 36.4 Å². The van der Waals surface area contributed by atoms with Gasteiger partial charge in [-0.3, -0.25) is 9.59 Å². The van der Waals surface area contributed by atoms with E-state index in [2.05, 4.69) is 18.3 Å². The first-order valence-electron chi connectivity index (χ1n) is 7.10. The summed E-state index contributed by atoms with van der Waals surface area (Å²) in [7, 11) is 0. The fraction of sp³-hybridized carbons (Fsp3) is 0.222. The number of hydrogen-bond donors (Lipinski definition) is 1. The molecule has 1 N–H and O–H groups in total. The lowest BCUT2D eigenvalue weighted by molar-refractivity contribution is -0.114. The molecule has 0 bridgehead atoms. The van der Waals surface area contributed by atoms with E-state index in [1.165, 1.54) is 18.1 Å². The summed E-state index contributed by atoms with van der Waals surface area (Å²) in [6.07, 6.45) is 1.43. The molecule has 1 amide bonds. The number of amides is 1. The molecule has 0 saturated heterocycles. The number of anilines is 1. The highest BCUT2D eigenvalue weighted by molar-refractivity contribution is 6.06. The lowest BCUT2D eigenvalue weighted by Crippen LogP contribution is -2.05. The van der Waals surface area contributed by atoms with Crippen LogP contribution >= 0.6 is 0 Å². The third-order valence-electron chi connectivity index (χ3n) is 3.92. The summed E-state index contributed by atoms with van der Waals surface area (Å²) in [5.74, 6) is 0.117. The number of fused-ring (bicyclic) bond motifs is 1. The summed E-state index contributed by atoms with van der Waals surface area (Å²) in [6.45, 7) is 3.54. The number of nitrogens with one attached hydrogen (secondary N) is 1. The Morgan fingerprint density at radius 1 is 1.14 bits per heavy atom. The molecule has 0 aliphatic heterocycles. The summed E-state index contributed by atoms with van der Waals surface area (Å²) in [6, 6.07) is 11.7. The number of aryl methyl sites for hydroxylation is 1. The molecule has 2 aromatic rings. The van der Waals surface area contributed by atoms with Crippen LogP contribution in [-0.2, 0) is 11.2 Å². The SMILES string of the molecule is CC(=O)Nc1cccc(-c2ccc(C)c3c2C(=O)CC3)c1. The van der Waals surface area contributed by atoms with Crippen molar-refractivity contribution in [3.05, 3.63) is 53.1 Å². The Bertz CT molecular complexity index is 747. The van der Waals surface area contributed by atoms with Crippen molar-refractivity contribution in [1.29, 1.82) is 0 Å². The highest BCUT2D eigenvalue weighted by Crippen LogP contribution is 2.35. The summed E-state index contributed by atoms with van der Waals surface area (Å²) < 4.78 is 0. The van der Waals surface area contributed by atoms with Crippen molar-refractivity contribution in [2.24, 2.45) is 0 Å². The van der Waals surface area contributed by atoms with Crippen LogP contribution in [0.25, 0.3) is 11.1 Å². The number of Topliss-reactive ketones (excluding diaryl/α,β-unsaturated/α-hetero) is 1. The zero-order valence-corrected chi connectivity index (χ0v) is 12.2. The Kier molecular flexibility index (Phi) is 3.34. The second-order valence-electron chi connectivity index (χ2n) is 5.47. The standard InChI is InChI=1S/C18H17NO2/c1-11-6-7-16(18-15(11)8-9-17(18)21)13-4-3-5-14(10-13)19-12(2)20/h3-7,10H,8-9H2,1-2H3,(H,19,20).